The Kier molecular flexibility index (Phi) is 4.62. The second kappa shape index (κ2) is 6.24. The van der Waals surface area contributed by atoms with Crippen LogP contribution in [0.3, 0.4) is 0 Å². The lowest BCUT2D eigenvalue weighted by Gasteiger charge is -2.31. The number of fused-ring (bicyclic) bond motifs is 1. The average Bonchev–Trinajstić information content (AvgIpc) is 2.46. The zero-order valence-electron chi connectivity index (χ0n) is 12.2. The predicted molar refractivity (Wildman–Crippen MR) is 78.1 cm³/mol. The third-order valence-corrected chi connectivity index (χ3v) is 3.55. The van der Waals surface area contributed by atoms with Crippen LogP contribution in [0.4, 0.5) is 5.69 Å². The first-order chi connectivity index (χ1) is 9.58. The molecule has 1 aromatic rings. The Balaban J connectivity index is 2.28. The maximum Gasteiger partial charge on any atom is 0.267 e. The van der Waals surface area contributed by atoms with Gasteiger partial charge in [-0.25, -0.2) is 0 Å². The number of hydrogen-bond donors (Lipinski definition) is 2. The van der Waals surface area contributed by atoms with Gasteiger partial charge in [-0.1, -0.05) is 13.0 Å². The SMILES string of the molecule is CCCNC(CO)c1ccc2c(c1)N(C)C(=O)C(C)O2. The van der Waals surface area contributed by atoms with Gasteiger partial charge >= 0.3 is 0 Å². The Labute approximate surface area is 119 Å². The zero-order chi connectivity index (χ0) is 14.7. The van der Waals surface area contributed by atoms with Crippen molar-refractivity contribution in [3.63, 3.8) is 0 Å². The van der Waals surface area contributed by atoms with Crippen LogP contribution in [0, 0.1) is 0 Å². The third kappa shape index (κ3) is 2.78. The van der Waals surface area contributed by atoms with Gasteiger partial charge in [-0.05, 0) is 37.6 Å². The monoisotopic (exact) mass is 278 g/mol. The molecule has 2 N–H and O–H groups in total. The molecule has 0 aromatic heterocycles. The molecule has 2 rings (SSSR count). The molecule has 0 bridgehead atoms. The van der Waals surface area contributed by atoms with Crippen molar-refractivity contribution in [2.45, 2.75) is 32.4 Å². The van der Waals surface area contributed by atoms with Crippen molar-refractivity contribution < 1.29 is 14.6 Å². The second-order valence-corrected chi connectivity index (χ2v) is 5.07. The zero-order valence-corrected chi connectivity index (χ0v) is 12.2. The minimum Gasteiger partial charge on any atom is -0.479 e. The van der Waals surface area contributed by atoms with Gasteiger partial charge in [0.15, 0.2) is 6.10 Å². The van der Waals surface area contributed by atoms with Crippen molar-refractivity contribution in [2.75, 3.05) is 25.1 Å². The fraction of sp³-hybridized carbons (Fsp3) is 0.533. The van der Waals surface area contributed by atoms with Gasteiger partial charge in [-0.2, -0.15) is 0 Å². The van der Waals surface area contributed by atoms with Crippen LogP contribution in [0.1, 0.15) is 31.9 Å². The number of hydrogen-bond acceptors (Lipinski definition) is 4. The fourth-order valence-corrected chi connectivity index (χ4v) is 2.35. The van der Waals surface area contributed by atoms with E-state index in [1.807, 2.05) is 18.2 Å². The highest BCUT2D eigenvalue weighted by Crippen LogP contribution is 2.35. The number of carbonyl (C=O) groups is 1. The Morgan fingerprint density at radius 2 is 2.25 bits per heavy atom. The van der Waals surface area contributed by atoms with Gasteiger partial charge in [0.25, 0.3) is 5.91 Å². The smallest absolute Gasteiger partial charge is 0.267 e. The van der Waals surface area contributed by atoms with E-state index in [4.69, 9.17) is 4.74 Å². The number of benzene rings is 1. The number of nitrogens with zero attached hydrogens (tertiary/aromatic N) is 1. The van der Waals surface area contributed by atoms with E-state index in [0.29, 0.717) is 5.75 Å². The standard InChI is InChI=1S/C15H22N2O3/c1-4-7-16-12(9-18)11-5-6-14-13(8-11)17(3)15(19)10(2)20-14/h5-6,8,10,12,16,18H,4,7,9H2,1-3H3. The van der Waals surface area contributed by atoms with Crippen molar-refractivity contribution in [2.24, 2.45) is 0 Å². The maximum atomic E-state index is 11.9. The van der Waals surface area contributed by atoms with Crippen LogP contribution in [0.15, 0.2) is 18.2 Å². The van der Waals surface area contributed by atoms with Gasteiger partial charge in [-0.15, -0.1) is 0 Å². The molecule has 0 saturated heterocycles. The summed E-state index contributed by atoms with van der Waals surface area (Å²) >= 11 is 0. The lowest BCUT2D eigenvalue weighted by atomic mass is 10.0. The van der Waals surface area contributed by atoms with Crippen LogP contribution in [-0.4, -0.2) is 37.3 Å². The Bertz CT molecular complexity index is 490. The summed E-state index contributed by atoms with van der Waals surface area (Å²) in [6, 6.07) is 5.57. The van der Waals surface area contributed by atoms with E-state index in [-0.39, 0.29) is 18.6 Å². The van der Waals surface area contributed by atoms with Crippen molar-refractivity contribution in [3.8, 4) is 5.75 Å². The molecule has 0 fully saturated rings. The summed E-state index contributed by atoms with van der Waals surface area (Å²) in [5.41, 5.74) is 1.71. The largest absolute Gasteiger partial charge is 0.479 e. The van der Waals surface area contributed by atoms with Crippen molar-refractivity contribution in [3.05, 3.63) is 23.8 Å². The lowest BCUT2D eigenvalue weighted by Crippen LogP contribution is -2.42. The predicted octanol–water partition coefficient (Wildman–Crippen LogP) is 1.46. The summed E-state index contributed by atoms with van der Waals surface area (Å²) in [7, 11) is 1.75. The normalized spacial score (nSPS) is 19.5. The van der Waals surface area contributed by atoms with Gasteiger partial charge in [0.2, 0.25) is 0 Å². The van der Waals surface area contributed by atoms with Gasteiger partial charge in [-0.3, -0.25) is 4.79 Å². The van der Waals surface area contributed by atoms with Crippen molar-refractivity contribution >= 4 is 11.6 Å². The molecule has 0 spiro atoms. The molecule has 2 unspecified atom stereocenters. The minimum atomic E-state index is -0.454. The molecule has 20 heavy (non-hydrogen) atoms. The molecule has 110 valence electrons. The summed E-state index contributed by atoms with van der Waals surface area (Å²) in [6.45, 7) is 4.68. The summed E-state index contributed by atoms with van der Waals surface area (Å²) in [6.07, 6.45) is 0.547. The van der Waals surface area contributed by atoms with E-state index in [9.17, 15) is 9.90 Å². The highest BCUT2D eigenvalue weighted by atomic mass is 16.5. The highest BCUT2D eigenvalue weighted by Gasteiger charge is 2.29. The minimum absolute atomic E-state index is 0.0215. The number of rotatable bonds is 5. The van der Waals surface area contributed by atoms with E-state index < -0.39 is 6.10 Å². The van der Waals surface area contributed by atoms with Gasteiger partial charge in [0, 0.05) is 7.05 Å². The first kappa shape index (κ1) is 14.8. The Morgan fingerprint density at radius 1 is 1.50 bits per heavy atom. The molecule has 0 saturated carbocycles. The highest BCUT2D eigenvalue weighted by molar-refractivity contribution is 5.99. The van der Waals surface area contributed by atoms with E-state index in [0.717, 1.165) is 24.2 Å². The molecular formula is C15H22N2O3. The van der Waals surface area contributed by atoms with Gasteiger partial charge < -0.3 is 20.1 Å². The van der Waals surface area contributed by atoms with E-state index in [2.05, 4.69) is 12.2 Å². The number of aliphatic hydroxyl groups is 1. The first-order valence-electron chi connectivity index (χ1n) is 7.00. The van der Waals surface area contributed by atoms with Crippen LogP contribution in [0.5, 0.6) is 5.75 Å². The molecule has 1 aliphatic rings. The van der Waals surface area contributed by atoms with Crippen LogP contribution >= 0.6 is 0 Å². The molecule has 0 aliphatic carbocycles. The molecule has 5 heteroatoms. The molecule has 1 aliphatic heterocycles. The molecule has 1 heterocycles. The molecule has 0 radical (unpaired) electrons. The summed E-state index contributed by atoms with van der Waals surface area (Å²) in [4.78, 5) is 13.6. The number of nitrogens with one attached hydrogen (secondary N) is 1. The lowest BCUT2D eigenvalue weighted by molar-refractivity contribution is -0.125. The quantitative estimate of drug-likeness (QED) is 0.856. The van der Waals surface area contributed by atoms with Gasteiger partial charge in [0.05, 0.1) is 18.3 Å². The van der Waals surface area contributed by atoms with Crippen LogP contribution in [-0.2, 0) is 4.79 Å². The Morgan fingerprint density at radius 3 is 2.90 bits per heavy atom. The van der Waals surface area contributed by atoms with Crippen LogP contribution in [0.25, 0.3) is 0 Å². The van der Waals surface area contributed by atoms with Crippen molar-refractivity contribution in [1.29, 1.82) is 0 Å². The second-order valence-electron chi connectivity index (χ2n) is 5.07. The first-order valence-corrected chi connectivity index (χ1v) is 7.00. The van der Waals surface area contributed by atoms with E-state index in [1.165, 1.54) is 0 Å². The number of aliphatic hydroxyl groups excluding tert-OH is 1. The third-order valence-electron chi connectivity index (χ3n) is 3.55. The van der Waals surface area contributed by atoms with Gasteiger partial charge in [0.1, 0.15) is 5.75 Å². The Hall–Kier alpha value is -1.59. The van der Waals surface area contributed by atoms with Crippen LogP contribution in [0.2, 0.25) is 0 Å². The molecule has 1 aromatic carbocycles. The van der Waals surface area contributed by atoms with E-state index in [1.54, 1.807) is 18.9 Å². The van der Waals surface area contributed by atoms with E-state index >= 15 is 0 Å². The molecule has 5 nitrogen and oxygen atoms in total. The molecule has 1 amide bonds. The van der Waals surface area contributed by atoms with Crippen molar-refractivity contribution in [1.82, 2.24) is 5.32 Å². The number of amides is 1. The molecular weight excluding hydrogens is 256 g/mol. The molecule has 2 atom stereocenters. The summed E-state index contributed by atoms with van der Waals surface area (Å²) < 4.78 is 5.59. The number of likely N-dealkylation sites (N-methyl/N-ethyl adjacent to an activating group) is 1. The fourth-order valence-electron chi connectivity index (χ4n) is 2.35. The number of carbonyl (C=O) groups excluding carboxylic acids is 1. The summed E-state index contributed by atoms with van der Waals surface area (Å²) in [5.74, 6) is 0.646. The van der Waals surface area contributed by atoms with Crippen LogP contribution < -0.4 is 15.0 Å². The average molecular weight is 278 g/mol. The number of ether oxygens (including phenoxy) is 1. The summed E-state index contributed by atoms with van der Waals surface area (Å²) in [5, 5.41) is 12.8. The topological polar surface area (TPSA) is 61.8 Å². The maximum absolute atomic E-state index is 11.9. The number of anilines is 1.